The smallest absolute Gasteiger partial charge is 0.127 e. The Hall–Kier alpha value is -1.26. The fraction of sp³-hybridized carbons (Fsp3) is 0.571. The molecule has 0 aromatic heterocycles. The third-order valence-corrected chi connectivity index (χ3v) is 3.91. The number of phenolic OH excluding ortho intramolecular Hbond substituents is 1. The van der Waals surface area contributed by atoms with Crippen LogP contribution in [0.25, 0.3) is 0 Å². The molecule has 0 bridgehead atoms. The minimum atomic E-state index is 0.259. The maximum Gasteiger partial charge on any atom is 0.127 e. The first-order chi connectivity index (χ1) is 8.63. The monoisotopic (exact) mass is 248 g/mol. The number of aromatic hydroxyl groups is 1. The van der Waals surface area contributed by atoms with Crippen LogP contribution in [0.5, 0.6) is 11.5 Å². The highest BCUT2D eigenvalue weighted by Crippen LogP contribution is 2.39. The molecule has 2 heterocycles. The van der Waals surface area contributed by atoms with Gasteiger partial charge in [-0.25, -0.2) is 0 Å². The number of phenols is 1. The molecule has 0 spiro atoms. The third kappa shape index (κ3) is 2.06. The van der Waals surface area contributed by atoms with E-state index >= 15 is 0 Å². The molecule has 3 unspecified atom stereocenters. The fourth-order valence-electron chi connectivity index (χ4n) is 3.18. The van der Waals surface area contributed by atoms with Gasteiger partial charge in [-0.1, -0.05) is 6.92 Å². The quantitative estimate of drug-likeness (QED) is 0.790. The number of ether oxygens (including phenoxy) is 1. The van der Waals surface area contributed by atoms with Crippen LogP contribution in [0.1, 0.15) is 24.9 Å². The van der Waals surface area contributed by atoms with Crippen molar-refractivity contribution in [1.29, 1.82) is 0 Å². The number of hydrogen-bond acceptors (Lipinski definition) is 4. The van der Waals surface area contributed by atoms with Crippen LogP contribution in [0.15, 0.2) is 18.2 Å². The fourth-order valence-corrected chi connectivity index (χ4v) is 3.18. The van der Waals surface area contributed by atoms with E-state index in [-0.39, 0.29) is 17.8 Å². The van der Waals surface area contributed by atoms with Crippen LogP contribution in [-0.2, 0) is 0 Å². The van der Waals surface area contributed by atoms with Gasteiger partial charge in [-0.15, -0.1) is 0 Å². The zero-order valence-corrected chi connectivity index (χ0v) is 10.7. The van der Waals surface area contributed by atoms with Crippen molar-refractivity contribution in [2.45, 2.75) is 25.4 Å². The standard InChI is InChI=1S/C14H20N2O2/c1-9-4-10(15)7-16(6-9)13-8-18-14-5-11(17)2-3-12(13)14/h2-3,5,9-10,13,17H,4,6-8,15H2,1H3. The Morgan fingerprint density at radius 3 is 3.00 bits per heavy atom. The molecule has 3 N–H and O–H groups in total. The average molecular weight is 248 g/mol. The summed E-state index contributed by atoms with van der Waals surface area (Å²) in [5, 5.41) is 9.46. The molecular weight excluding hydrogens is 228 g/mol. The molecule has 2 aliphatic heterocycles. The van der Waals surface area contributed by atoms with Crippen molar-refractivity contribution in [1.82, 2.24) is 4.90 Å². The Kier molecular flexibility index (Phi) is 2.92. The minimum absolute atomic E-state index is 0.259. The molecule has 3 atom stereocenters. The summed E-state index contributed by atoms with van der Waals surface area (Å²) in [5.41, 5.74) is 7.28. The van der Waals surface area contributed by atoms with Crippen molar-refractivity contribution in [2.24, 2.45) is 11.7 Å². The molecule has 1 fully saturated rings. The van der Waals surface area contributed by atoms with Crippen LogP contribution < -0.4 is 10.5 Å². The predicted octanol–water partition coefficient (Wildman–Crippen LogP) is 1.49. The summed E-state index contributed by atoms with van der Waals surface area (Å²) in [5.74, 6) is 1.71. The topological polar surface area (TPSA) is 58.7 Å². The Morgan fingerprint density at radius 1 is 1.39 bits per heavy atom. The van der Waals surface area contributed by atoms with Gasteiger partial charge in [0.1, 0.15) is 18.1 Å². The maximum atomic E-state index is 9.46. The Morgan fingerprint density at radius 2 is 2.22 bits per heavy atom. The van der Waals surface area contributed by atoms with Gasteiger partial charge in [-0.2, -0.15) is 0 Å². The van der Waals surface area contributed by atoms with Crippen molar-refractivity contribution < 1.29 is 9.84 Å². The van der Waals surface area contributed by atoms with Gasteiger partial charge in [0.2, 0.25) is 0 Å². The molecule has 3 rings (SSSR count). The first-order valence-electron chi connectivity index (χ1n) is 6.59. The molecule has 0 radical (unpaired) electrons. The summed E-state index contributed by atoms with van der Waals surface area (Å²) in [6.07, 6.45) is 1.10. The van der Waals surface area contributed by atoms with E-state index in [1.54, 1.807) is 12.1 Å². The van der Waals surface area contributed by atoms with Gasteiger partial charge in [-0.05, 0) is 24.5 Å². The molecule has 1 saturated heterocycles. The second kappa shape index (κ2) is 4.44. The average Bonchev–Trinajstić information content (AvgIpc) is 2.70. The summed E-state index contributed by atoms with van der Waals surface area (Å²) >= 11 is 0. The van der Waals surface area contributed by atoms with Crippen LogP contribution in [0, 0.1) is 5.92 Å². The molecule has 98 valence electrons. The number of benzene rings is 1. The lowest BCUT2D eigenvalue weighted by molar-refractivity contribution is 0.0996. The molecule has 0 amide bonds. The molecule has 2 aliphatic rings. The maximum absolute atomic E-state index is 9.46. The predicted molar refractivity (Wildman–Crippen MR) is 69.7 cm³/mol. The van der Waals surface area contributed by atoms with E-state index in [0.29, 0.717) is 12.5 Å². The van der Waals surface area contributed by atoms with E-state index in [0.717, 1.165) is 25.3 Å². The van der Waals surface area contributed by atoms with Crippen LogP contribution in [-0.4, -0.2) is 35.7 Å². The highest BCUT2D eigenvalue weighted by Gasteiger charge is 2.33. The van der Waals surface area contributed by atoms with Gasteiger partial charge >= 0.3 is 0 Å². The Balaban J connectivity index is 1.83. The SMILES string of the molecule is CC1CC(N)CN(C2COc3cc(O)ccc32)C1. The zero-order chi connectivity index (χ0) is 12.7. The zero-order valence-electron chi connectivity index (χ0n) is 10.7. The number of piperidine rings is 1. The summed E-state index contributed by atoms with van der Waals surface area (Å²) in [6, 6.07) is 5.94. The lowest BCUT2D eigenvalue weighted by Crippen LogP contribution is -2.48. The summed E-state index contributed by atoms with van der Waals surface area (Å²) in [4.78, 5) is 2.42. The number of likely N-dealkylation sites (tertiary alicyclic amines) is 1. The first kappa shape index (κ1) is 11.8. The largest absolute Gasteiger partial charge is 0.508 e. The normalized spacial score (nSPS) is 32.0. The molecule has 18 heavy (non-hydrogen) atoms. The van der Waals surface area contributed by atoms with Crippen LogP contribution in [0.4, 0.5) is 0 Å². The van der Waals surface area contributed by atoms with Crippen LogP contribution >= 0.6 is 0 Å². The van der Waals surface area contributed by atoms with Gasteiger partial charge in [0.05, 0.1) is 6.04 Å². The van der Waals surface area contributed by atoms with Crippen molar-refractivity contribution in [3.05, 3.63) is 23.8 Å². The summed E-state index contributed by atoms with van der Waals surface area (Å²) < 4.78 is 5.67. The van der Waals surface area contributed by atoms with E-state index < -0.39 is 0 Å². The lowest BCUT2D eigenvalue weighted by atomic mass is 9.94. The third-order valence-electron chi connectivity index (χ3n) is 3.91. The van der Waals surface area contributed by atoms with Gasteiger partial charge in [-0.3, -0.25) is 4.90 Å². The minimum Gasteiger partial charge on any atom is -0.508 e. The van der Waals surface area contributed by atoms with E-state index in [4.69, 9.17) is 10.5 Å². The van der Waals surface area contributed by atoms with Crippen molar-refractivity contribution in [2.75, 3.05) is 19.7 Å². The number of hydrogen-bond donors (Lipinski definition) is 2. The number of rotatable bonds is 1. The van der Waals surface area contributed by atoms with Gasteiger partial charge in [0.25, 0.3) is 0 Å². The first-order valence-corrected chi connectivity index (χ1v) is 6.59. The summed E-state index contributed by atoms with van der Waals surface area (Å²) in [7, 11) is 0. The number of fused-ring (bicyclic) bond motifs is 1. The van der Waals surface area contributed by atoms with Gasteiger partial charge in [0.15, 0.2) is 0 Å². The lowest BCUT2D eigenvalue weighted by Gasteiger charge is -2.38. The van der Waals surface area contributed by atoms with E-state index in [1.165, 1.54) is 5.56 Å². The van der Waals surface area contributed by atoms with E-state index in [9.17, 15) is 5.11 Å². The summed E-state index contributed by atoms with van der Waals surface area (Å²) in [6.45, 7) is 4.92. The van der Waals surface area contributed by atoms with Gasteiger partial charge in [0, 0.05) is 30.8 Å². The van der Waals surface area contributed by atoms with Crippen molar-refractivity contribution in [3.63, 3.8) is 0 Å². The molecule has 1 aromatic rings. The molecule has 4 heteroatoms. The Bertz CT molecular complexity index is 439. The van der Waals surface area contributed by atoms with Crippen molar-refractivity contribution >= 4 is 0 Å². The second-order valence-corrected chi connectivity index (χ2v) is 5.60. The molecular formula is C14H20N2O2. The molecule has 4 nitrogen and oxygen atoms in total. The number of nitrogens with two attached hydrogens (primary N) is 1. The highest BCUT2D eigenvalue weighted by molar-refractivity contribution is 5.44. The van der Waals surface area contributed by atoms with Crippen LogP contribution in [0.3, 0.4) is 0 Å². The van der Waals surface area contributed by atoms with Crippen molar-refractivity contribution in [3.8, 4) is 11.5 Å². The molecule has 0 aliphatic carbocycles. The van der Waals surface area contributed by atoms with Crippen LogP contribution in [0.2, 0.25) is 0 Å². The Labute approximate surface area is 107 Å². The number of nitrogens with zero attached hydrogens (tertiary/aromatic N) is 1. The van der Waals surface area contributed by atoms with E-state index in [1.807, 2.05) is 6.07 Å². The highest BCUT2D eigenvalue weighted by atomic mass is 16.5. The molecule has 1 aromatic carbocycles. The second-order valence-electron chi connectivity index (χ2n) is 5.60. The van der Waals surface area contributed by atoms with E-state index in [2.05, 4.69) is 11.8 Å². The molecule has 0 saturated carbocycles. The van der Waals surface area contributed by atoms with Gasteiger partial charge < -0.3 is 15.6 Å².